The average Bonchev–Trinajstić information content (AvgIpc) is 3.17. The Bertz CT molecular complexity index is 1130. The minimum absolute atomic E-state index is 0.0752. The molecule has 148 valence electrons. The molecule has 0 aliphatic carbocycles. The van der Waals surface area contributed by atoms with E-state index in [1.165, 1.54) is 5.01 Å². The summed E-state index contributed by atoms with van der Waals surface area (Å²) in [4.78, 5) is 17.2. The SMILES string of the molecule is CCC(=O)N1N=C(c2cccc(Cl)c2)C[C@@H]1c1cc2cccc(OC)c2nc1Cl. The summed E-state index contributed by atoms with van der Waals surface area (Å²) in [6.07, 6.45) is 0.873. The average molecular weight is 428 g/mol. The van der Waals surface area contributed by atoms with E-state index in [0.717, 1.165) is 22.2 Å². The van der Waals surface area contributed by atoms with Crippen molar-refractivity contribution in [2.75, 3.05) is 7.11 Å². The molecule has 1 amide bonds. The summed E-state index contributed by atoms with van der Waals surface area (Å²) in [5, 5.41) is 7.99. The van der Waals surface area contributed by atoms with Gasteiger partial charge in [0.05, 0.1) is 18.9 Å². The van der Waals surface area contributed by atoms with E-state index in [0.29, 0.717) is 34.3 Å². The van der Waals surface area contributed by atoms with Gasteiger partial charge in [-0.3, -0.25) is 4.79 Å². The van der Waals surface area contributed by atoms with Crippen LogP contribution < -0.4 is 4.74 Å². The number of benzene rings is 2. The number of carbonyl (C=O) groups is 1. The fraction of sp³-hybridized carbons (Fsp3) is 0.227. The number of hydrogen-bond donors (Lipinski definition) is 0. The van der Waals surface area contributed by atoms with Gasteiger partial charge in [0.1, 0.15) is 16.4 Å². The first kappa shape index (κ1) is 19.7. The molecule has 1 aliphatic rings. The maximum Gasteiger partial charge on any atom is 0.242 e. The van der Waals surface area contributed by atoms with Crippen molar-refractivity contribution in [1.29, 1.82) is 0 Å². The molecule has 0 N–H and O–H groups in total. The van der Waals surface area contributed by atoms with Gasteiger partial charge in [0.25, 0.3) is 0 Å². The number of rotatable bonds is 4. The van der Waals surface area contributed by atoms with Crippen molar-refractivity contribution in [1.82, 2.24) is 9.99 Å². The molecular formula is C22H19Cl2N3O2. The molecule has 29 heavy (non-hydrogen) atoms. The van der Waals surface area contributed by atoms with E-state index in [9.17, 15) is 4.79 Å². The van der Waals surface area contributed by atoms with E-state index < -0.39 is 0 Å². The molecule has 2 aromatic carbocycles. The van der Waals surface area contributed by atoms with Crippen LogP contribution in [0.2, 0.25) is 10.2 Å². The number of fused-ring (bicyclic) bond motifs is 1. The molecule has 0 unspecified atom stereocenters. The molecule has 1 aromatic heterocycles. The monoisotopic (exact) mass is 427 g/mol. The predicted octanol–water partition coefficient (Wildman–Crippen LogP) is 5.64. The number of ether oxygens (including phenoxy) is 1. The summed E-state index contributed by atoms with van der Waals surface area (Å²) in [5.74, 6) is 0.577. The largest absolute Gasteiger partial charge is 0.494 e. The number of aromatic nitrogens is 1. The van der Waals surface area contributed by atoms with Gasteiger partial charge in [0.2, 0.25) is 5.91 Å². The number of halogens is 2. The van der Waals surface area contributed by atoms with Gasteiger partial charge in [0.15, 0.2) is 0 Å². The van der Waals surface area contributed by atoms with Crippen LogP contribution in [0.5, 0.6) is 5.75 Å². The molecular weight excluding hydrogens is 409 g/mol. The van der Waals surface area contributed by atoms with E-state index in [1.54, 1.807) is 7.11 Å². The Labute approximate surface area is 178 Å². The summed E-state index contributed by atoms with van der Waals surface area (Å²) < 4.78 is 5.39. The summed E-state index contributed by atoms with van der Waals surface area (Å²) in [7, 11) is 1.60. The maximum atomic E-state index is 12.6. The van der Waals surface area contributed by atoms with Crippen LogP contribution in [-0.2, 0) is 4.79 Å². The third-order valence-corrected chi connectivity index (χ3v) is 5.53. The molecule has 0 saturated heterocycles. The molecule has 4 rings (SSSR count). The summed E-state index contributed by atoms with van der Waals surface area (Å²) in [6, 6.07) is 14.8. The Balaban J connectivity index is 1.79. The van der Waals surface area contributed by atoms with E-state index >= 15 is 0 Å². The van der Waals surface area contributed by atoms with E-state index in [1.807, 2.05) is 55.5 Å². The standard InChI is InChI=1S/C22H19Cl2N3O2/c1-3-20(28)27-18(12-17(26-27)13-6-4-8-15(23)10-13)16-11-14-7-5-9-19(29-2)21(14)25-22(16)24/h4-11,18H,3,12H2,1-2H3/t18-/m1/s1. The lowest BCUT2D eigenvalue weighted by atomic mass is 9.98. The van der Waals surface area contributed by atoms with Crippen molar-refractivity contribution in [3.05, 3.63) is 69.8 Å². The van der Waals surface area contributed by atoms with Crippen molar-refractivity contribution in [2.24, 2.45) is 5.10 Å². The van der Waals surface area contributed by atoms with Crippen LogP contribution >= 0.6 is 23.2 Å². The minimum atomic E-state index is -0.327. The highest BCUT2D eigenvalue weighted by molar-refractivity contribution is 6.31. The fourth-order valence-corrected chi connectivity index (χ4v) is 4.01. The third kappa shape index (κ3) is 3.68. The molecule has 0 fully saturated rings. The number of pyridine rings is 1. The van der Waals surface area contributed by atoms with Crippen molar-refractivity contribution in [2.45, 2.75) is 25.8 Å². The lowest BCUT2D eigenvalue weighted by Gasteiger charge is -2.22. The van der Waals surface area contributed by atoms with Gasteiger partial charge in [-0.1, -0.05) is 54.4 Å². The number of amides is 1. The first-order valence-electron chi connectivity index (χ1n) is 9.30. The zero-order valence-corrected chi connectivity index (χ0v) is 17.5. The molecule has 7 heteroatoms. The first-order chi connectivity index (χ1) is 14.0. The van der Waals surface area contributed by atoms with Crippen molar-refractivity contribution in [3.63, 3.8) is 0 Å². The van der Waals surface area contributed by atoms with Crippen LogP contribution in [0.15, 0.2) is 53.6 Å². The Morgan fingerprint density at radius 3 is 2.72 bits per heavy atom. The topological polar surface area (TPSA) is 54.8 Å². The highest BCUT2D eigenvalue weighted by Crippen LogP contribution is 2.38. The Morgan fingerprint density at radius 1 is 1.21 bits per heavy atom. The lowest BCUT2D eigenvalue weighted by molar-refractivity contribution is -0.132. The van der Waals surface area contributed by atoms with Gasteiger partial charge < -0.3 is 4.74 Å². The van der Waals surface area contributed by atoms with Gasteiger partial charge >= 0.3 is 0 Å². The van der Waals surface area contributed by atoms with Crippen LogP contribution in [-0.4, -0.2) is 28.7 Å². The molecule has 1 atom stereocenters. The number of para-hydroxylation sites is 1. The van der Waals surface area contributed by atoms with Gasteiger partial charge in [-0.15, -0.1) is 0 Å². The molecule has 0 saturated carbocycles. The molecule has 5 nitrogen and oxygen atoms in total. The number of nitrogens with zero attached hydrogens (tertiary/aromatic N) is 3. The van der Waals surface area contributed by atoms with E-state index in [2.05, 4.69) is 10.1 Å². The van der Waals surface area contributed by atoms with Gasteiger partial charge in [-0.05, 0) is 29.8 Å². The molecule has 2 heterocycles. The van der Waals surface area contributed by atoms with Crippen molar-refractivity contribution >= 4 is 45.7 Å². The Hall–Kier alpha value is -2.63. The van der Waals surface area contributed by atoms with Gasteiger partial charge in [-0.2, -0.15) is 5.10 Å². The van der Waals surface area contributed by atoms with Crippen LogP contribution in [0, 0.1) is 0 Å². The van der Waals surface area contributed by atoms with Crippen LogP contribution in [0.1, 0.15) is 36.9 Å². The van der Waals surface area contributed by atoms with E-state index in [4.69, 9.17) is 27.9 Å². The summed E-state index contributed by atoms with van der Waals surface area (Å²) in [5.41, 5.74) is 3.13. The quantitative estimate of drug-likeness (QED) is 0.506. The second-order valence-corrected chi connectivity index (χ2v) is 7.56. The predicted molar refractivity (Wildman–Crippen MR) is 116 cm³/mol. The summed E-state index contributed by atoms with van der Waals surface area (Å²) >= 11 is 12.7. The molecule has 0 bridgehead atoms. The minimum Gasteiger partial charge on any atom is -0.494 e. The zero-order chi connectivity index (χ0) is 20.5. The smallest absolute Gasteiger partial charge is 0.242 e. The van der Waals surface area contributed by atoms with Crippen LogP contribution in [0.3, 0.4) is 0 Å². The molecule has 1 aliphatic heterocycles. The van der Waals surface area contributed by atoms with Gasteiger partial charge in [-0.25, -0.2) is 9.99 Å². The van der Waals surface area contributed by atoms with Crippen molar-refractivity contribution in [3.8, 4) is 5.75 Å². The molecule has 0 spiro atoms. The lowest BCUT2D eigenvalue weighted by Crippen LogP contribution is -2.26. The second-order valence-electron chi connectivity index (χ2n) is 6.77. The van der Waals surface area contributed by atoms with E-state index in [-0.39, 0.29) is 11.9 Å². The van der Waals surface area contributed by atoms with Crippen molar-refractivity contribution < 1.29 is 9.53 Å². The Morgan fingerprint density at radius 2 is 2.00 bits per heavy atom. The zero-order valence-electron chi connectivity index (χ0n) is 16.0. The number of hydrazone groups is 1. The summed E-state index contributed by atoms with van der Waals surface area (Å²) in [6.45, 7) is 1.82. The van der Waals surface area contributed by atoms with Gasteiger partial charge in [0, 0.05) is 28.8 Å². The molecule has 3 aromatic rings. The Kier molecular flexibility index (Phi) is 5.43. The van der Waals surface area contributed by atoms with Crippen LogP contribution in [0.4, 0.5) is 0 Å². The molecule has 0 radical (unpaired) electrons. The normalized spacial score (nSPS) is 16.2. The number of hydrogen-bond acceptors (Lipinski definition) is 4. The maximum absolute atomic E-state index is 12.6. The fourth-order valence-electron chi connectivity index (χ4n) is 3.55. The first-order valence-corrected chi connectivity index (χ1v) is 10.1. The second kappa shape index (κ2) is 8.01. The number of methoxy groups -OCH3 is 1. The third-order valence-electron chi connectivity index (χ3n) is 4.99. The van der Waals surface area contributed by atoms with Crippen LogP contribution in [0.25, 0.3) is 10.9 Å². The highest BCUT2D eigenvalue weighted by Gasteiger charge is 2.34. The highest BCUT2D eigenvalue weighted by atomic mass is 35.5. The number of carbonyl (C=O) groups excluding carboxylic acids is 1.